The van der Waals surface area contributed by atoms with Gasteiger partial charge in [0.25, 0.3) is 0 Å². The van der Waals surface area contributed by atoms with Gasteiger partial charge in [-0.3, -0.25) is 9.69 Å². The number of carbonyl (C=O) groups is 4. The van der Waals surface area contributed by atoms with E-state index in [0.717, 1.165) is 0 Å². The van der Waals surface area contributed by atoms with Crippen LogP contribution in [-0.4, -0.2) is 102 Å². The summed E-state index contributed by atoms with van der Waals surface area (Å²) in [5.74, 6) is -1.83. The van der Waals surface area contributed by atoms with Gasteiger partial charge in [-0.25, -0.2) is 14.4 Å². The first-order chi connectivity index (χ1) is 16.8. The van der Waals surface area contributed by atoms with Gasteiger partial charge >= 0.3 is 18.2 Å². The molecular weight excluding hydrogens is 458 g/mol. The number of β-lactam (4-membered cyclic amide) rings is 1. The van der Waals surface area contributed by atoms with E-state index in [9.17, 15) is 24.3 Å². The zero-order valence-corrected chi connectivity index (χ0v) is 19.8. The standard InChI is InChI=1S/C24H31N3O8/c1-5-10-33-22(30)20-16(13-17-19(15(4)28)21(29)27(17)20)18-14-25(23(31)34-11-6-2)8-9-26(18)24(32)35-12-7-3/h5-7,15,17-19,28H,1-3,8-14H2,4H3/t15-,17-,18?,19-/m1/s1. The number of nitrogens with zero attached hydrogens (tertiary/aromatic N) is 3. The van der Waals surface area contributed by atoms with Crippen molar-refractivity contribution < 1.29 is 38.5 Å². The van der Waals surface area contributed by atoms with Gasteiger partial charge in [-0.15, -0.1) is 0 Å². The average Bonchev–Trinajstić information content (AvgIpc) is 3.18. The molecule has 0 bridgehead atoms. The highest BCUT2D eigenvalue weighted by Crippen LogP contribution is 2.46. The quantitative estimate of drug-likeness (QED) is 0.222. The molecule has 0 aromatic rings. The van der Waals surface area contributed by atoms with Crippen LogP contribution in [0.4, 0.5) is 9.59 Å². The summed E-state index contributed by atoms with van der Waals surface area (Å²) >= 11 is 0. The zero-order valence-electron chi connectivity index (χ0n) is 19.8. The van der Waals surface area contributed by atoms with Gasteiger partial charge in [0.15, 0.2) is 0 Å². The summed E-state index contributed by atoms with van der Waals surface area (Å²) in [4.78, 5) is 55.5. The van der Waals surface area contributed by atoms with Gasteiger partial charge in [-0.05, 0) is 18.9 Å². The van der Waals surface area contributed by atoms with Crippen LogP contribution in [0.3, 0.4) is 0 Å². The molecule has 4 atom stereocenters. The average molecular weight is 490 g/mol. The number of aliphatic hydroxyl groups excluding tert-OH is 1. The van der Waals surface area contributed by atoms with Crippen LogP contribution in [-0.2, 0) is 23.8 Å². The molecule has 0 saturated carbocycles. The Kier molecular flexibility index (Phi) is 8.34. The molecular formula is C24H31N3O8. The molecule has 11 heteroatoms. The van der Waals surface area contributed by atoms with Gasteiger partial charge in [0, 0.05) is 19.6 Å². The molecule has 0 radical (unpaired) electrons. The fourth-order valence-electron chi connectivity index (χ4n) is 4.69. The van der Waals surface area contributed by atoms with Crippen molar-refractivity contribution in [3.8, 4) is 0 Å². The Labute approximate surface area is 203 Å². The summed E-state index contributed by atoms with van der Waals surface area (Å²) < 4.78 is 15.6. The third-order valence-electron chi connectivity index (χ3n) is 6.21. The molecule has 1 N–H and O–H groups in total. The normalized spacial score (nSPS) is 24.2. The van der Waals surface area contributed by atoms with Gasteiger partial charge < -0.3 is 29.1 Å². The molecule has 11 nitrogen and oxygen atoms in total. The molecule has 3 aliphatic heterocycles. The second-order valence-corrected chi connectivity index (χ2v) is 8.39. The minimum absolute atomic E-state index is 0.0147. The molecule has 35 heavy (non-hydrogen) atoms. The molecule has 1 unspecified atom stereocenters. The summed E-state index contributed by atoms with van der Waals surface area (Å²) in [6, 6.07) is -1.24. The second kappa shape index (κ2) is 11.2. The maximum absolute atomic E-state index is 13.0. The van der Waals surface area contributed by atoms with Gasteiger partial charge in [-0.1, -0.05) is 38.0 Å². The Morgan fingerprint density at radius 1 is 1.03 bits per heavy atom. The van der Waals surface area contributed by atoms with E-state index < -0.39 is 48.2 Å². The van der Waals surface area contributed by atoms with Gasteiger partial charge in [0.1, 0.15) is 25.5 Å². The topological polar surface area (TPSA) is 126 Å². The molecule has 3 heterocycles. The highest BCUT2D eigenvalue weighted by atomic mass is 16.6. The SMILES string of the molecule is C=CCOC(=O)C1=C(C2CN(C(=O)OCC=C)CCN2C(=O)OCC=C)C[C@@H]2[C@@H]([C@@H](C)O)C(=O)N12. The van der Waals surface area contributed by atoms with E-state index in [4.69, 9.17) is 14.2 Å². The summed E-state index contributed by atoms with van der Waals surface area (Å²) in [6.45, 7) is 12.4. The van der Waals surface area contributed by atoms with Crippen molar-refractivity contribution in [3.63, 3.8) is 0 Å². The van der Waals surface area contributed by atoms with Gasteiger partial charge in [0.2, 0.25) is 5.91 Å². The summed E-state index contributed by atoms with van der Waals surface area (Å²) in [5.41, 5.74) is 0.476. The highest BCUT2D eigenvalue weighted by molar-refractivity contribution is 6.00. The Balaban J connectivity index is 1.99. The van der Waals surface area contributed by atoms with Gasteiger partial charge in [-0.2, -0.15) is 0 Å². The lowest BCUT2D eigenvalue weighted by Crippen LogP contribution is -2.61. The van der Waals surface area contributed by atoms with E-state index in [1.807, 2.05) is 0 Å². The molecule has 0 spiro atoms. The maximum Gasteiger partial charge on any atom is 0.410 e. The number of fused-ring (bicyclic) bond motifs is 1. The molecule has 3 aliphatic rings. The highest BCUT2D eigenvalue weighted by Gasteiger charge is 2.58. The van der Waals surface area contributed by atoms with E-state index in [0.29, 0.717) is 5.57 Å². The van der Waals surface area contributed by atoms with E-state index in [1.54, 1.807) is 0 Å². The number of esters is 1. The van der Waals surface area contributed by atoms with E-state index in [2.05, 4.69) is 19.7 Å². The Morgan fingerprint density at radius 3 is 2.23 bits per heavy atom. The number of piperazine rings is 1. The number of hydrogen-bond acceptors (Lipinski definition) is 8. The van der Waals surface area contributed by atoms with Crippen molar-refractivity contribution in [1.82, 2.24) is 14.7 Å². The van der Waals surface area contributed by atoms with Crippen LogP contribution < -0.4 is 0 Å². The molecule has 0 aliphatic carbocycles. The fraction of sp³-hybridized carbons (Fsp3) is 0.500. The number of hydrogen-bond donors (Lipinski definition) is 1. The van der Waals surface area contributed by atoms with Crippen molar-refractivity contribution in [2.75, 3.05) is 39.5 Å². The number of amides is 3. The van der Waals surface area contributed by atoms with Crippen LogP contribution in [0, 0.1) is 5.92 Å². The molecule has 2 fully saturated rings. The molecule has 3 rings (SSSR count). The molecule has 190 valence electrons. The minimum Gasteiger partial charge on any atom is -0.457 e. The Morgan fingerprint density at radius 2 is 1.63 bits per heavy atom. The third kappa shape index (κ3) is 5.09. The number of rotatable bonds is 9. The lowest BCUT2D eigenvalue weighted by Gasteiger charge is -2.44. The monoisotopic (exact) mass is 489 g/mol. The predicted molar refractivity (Wildman–Crippen MR) is 124 cm³/mol. The Hall–Kier alpha value is -3.60. The third-order valence-corrected chi connectivity index (χ3v) is 6.21. The molecule has 0 aromatic heterocycles. The van der Waals surface area contributed by atoms with Crippen LogP contribution in [0.5, 0.6) is 0 Å². The lowest BCUT2D eigenvalue weighted by molar-refractivity contribution is -0.162. The molecule has 0 aromatic carbocycles. The fourth-order valence-corrected chi connectivity index (χ4v) is 4.69. The lowest BCUT2D eigenvalue weighted by atomic mass is 9.82. The van der Waals surface area contributed by atoms with Crippen molar-refractivity contribution >= 4 is 24.1 Å². The first kappa shape index (κ1) is 26.0. The summed E-state index contributed by atoms with van der Waals surface area (Å²) in [6.07, 6.45) is 2.35. The minimum atomic E-state index is -0.918. The van der Waals surface area contributed by atoms with Crippen LogP contribution in [0.2, 0.25) is 0 Å². The number of ether oxygens (including phenoxy) is 3. The van der Waals surface area contributed by atoms with Crippen LogP contribution >= 0.6 is 0 Å². The predicted octanol–water partition coefficient (Wildman–Crippen LogP) is 1.21. The van der Waals surface area contributed by atoms with Crippen molar-refractivity contribution in [2.45, 2.75) is 31.5 Å². The molecule has 2 saturated heterocycles. The first-order valence-electron chi connectivity index (χ1n) is 11.4. The van der Waals surface area contributed by atoms with Crippen LogP contribution in [0.25, 0.3) is 0 Å². The maximum atomic E-state index is 13.0. The van der Waals surface area contributed by atoms with E-state index >= 15 is 0 Å². The smallest absolute Gasteiger partial charge is 0.410 e. The molecule has 3 amide bonds. The number of aliphatic hydroxyl groups is 1. The number of carbonyl (C=O) groups excluding carboxylic acids is 4. The summed E-state index contributed by atoms with van der Waals surface area (Å²) in [7, 11) is 0. The van der Waals surface area contributed by atoms with Gasteiger partial charge in [0.05, 0.1) is 24.1 Å². The summed E-state index contributed by atoms with van der Waals surface area (Å²) in [5, 5.41) is 10.1. The van der Waals surface area contributed by atoms with Crippen LogP contribution in [0.15, 0.2) is 49.2 Å². The van der Waals surface area contributed by atoms with Crippen molar-refractivity contribution in [1.29, 1.82) is 0 Å². The van der Waals surface area contributed by atoms with Crippen molar-refractivity contribution in [3.05, 3.63) is 49.2 Å². The zero-order chi connectivity index (χ0) is 25.7. The van der Waals surface area contributed by atoms with E-state index in [-0.39, 0.29) is 51.6 Å². The second-order valence-electron chi connectivity index (χ2n) is 8.39. The van der Waals surface area contributed by atoms with Crippen molar-refractivity contribution in [2.24, 2.45) is 5.92 Å². The van der Waals surface area contributed by atoms with E-state index in [1.165, 1.54) is 39.9 Å². The Bertz CT molecular complexity index is 943. The first-order valence-corrected chi connectivity index (χ1v) is 11.4. The largest absolute Gasteiger partial charge is 0.457 e. The van der Waals surface area contributed by atoms with Crippen LogP contribution in [0.1, 0.15) is 13.3 Å².